The number of nitrogens with one attached hydrogen (secondary N) is 2. The van der Waals surface area contributed by atoms with Crippen molar-refractivity contribution in [2.45, 2.75) is 26.7 Å². The van der Waals surface area contributed by atoms with Crippen LogP contribution in [-0.2, 0) is 11.2 Å². The molecule has 2 N–H and O–H groups in total. The number of amides is 1. The van der Waals surface area contributed by atoms with Gasteiger partial charge in [-0.15, -0.1) is 0 Å². The van der Waals surface area contributed by atoms with Crippen molar-refractivity contribution >= 4 is 17.5 Å². The average Bonchev–Trinajstić information content (AvgIpc) is 2.46. The largest absolute Gasteiger partial charge is 0.373 e. The zero-order chi connectivity index (χ0) is 15.1. The quantitative estimate of drug-likeness (QED) is 0.787. The molecule has 0 radical (unpaired) electrons. The predicted molar refractivity (Wildman–Crippen MR) is 82.1 cm³/mol. The van der Waals surface area contributed by atoms with Crippen LogP contribution in [0.15, 0.2) is 6.33 Å². The molecule has 1 amide bonds. The number of aromatic nitrogens is 2. The van der Waals surface area contributed by atoms with Crippen LogP contribution in [0.5, 0.6) is 0 Å². The Kier molecular flexibility index (Phi) is 6.21. The van der Waals surface area contributed by atoms with E-state index in [0.29, 0.717) is 6.54 Å². The van der Waals surface area contributed by atoms with Crippen molar-refractivity contribution in [3.05, 3.63) is 11.9 Å². The second kappa shape index (κ2) is 7.67. The molecule has 1 heterocycles. The Labute approximate surface area is 121 Å². The summed E-state index contributed by atoms with van der Waals surface area (Å²) in [6.45, 7) is 4.66. The Bertz CT molecular complexity index is 449. The summed E-state index contributed by atoms with van der Waals surface area (Å²) in [5.41, 5.74) is 1.10. The highest BCUT2D eigenvalue weighted by Gasteiger charge is 2.18. The van der Waals surface area contributed by atoms with Crippen LogP contribution >= 0.6 is 0 Å². The summed E-state index contributed by atoms with van der Waals surface area (Å²) in [7, 11) is 5.48. The van der Waals surface area contributed by atoms with Crippen LogP contribution in [0.2, 0.25) is 0 Å². The normalized spacial score (nSPS) is 11.8. The lowest BCUT2D eigenvalue weighted by Gasteiger charge is -2.24. The maximum Gasteiger partial charge on any atom is 0.224 e. The van der Waals surface area contributed by atoms with Crippen molar-refractivity contribution in [2.75, 3.05) is 37.9 Å². The van der Waals surface area contributed by atoms with Crippen LogP contribution in [0.25, 0.3) is 0 Å². The molecule has 0 spiro atoms. The van der Waals surface area contributed by atoms with Gasteiger partial charge in [0.1, 0.15) is 18.0 Å². The summed E-state index contributed by atoms with van der Waals surface area (Å²) < 4.78 is 0. The molecular formula is C14H25N5O. The van der Waals surface area contributed by atoms with Gasteiger partial charge in [0.05, 0.1) is 5.92 Å². The molecule has 6 heteroatoms. The van der Waals surface area contributed by atoms with Crippen molar-refractivity contribution in [2.24, 2.45) is 5.92 Å². The molecular weight excluding hydrogens is 254 g/mol. The molecule has 1 unspecified atom stereocenters. The van der Waals surface area contributed by atoms with Gasteiger partial charge in [-0.1, -0.05) is 20.3 Å². The molecule has 0 bridgehead atoms. The van der Waals surface area contributed by atoms with Crippen LogP contribution < -0.4 is 15.5 Å². The Morgan fingerprint density at radius 3 is 2.65 bits per heavy atom. The molecule has 6 nitrogen and oxygen atoms in total. The van der Waals surface area contributed by atoms with Gasteiger partial charge in [-0.2, -0.15) is 0 Å². The molecule has 20 heavy (non-hydrogen) atoms. The predicted octanol–water partition coefficient (Wildman–Crippen LogP) is 1.29. The van der Waals surface area contributed by atoms with E-state index in [1.165, 1.54) is 0 Å². The average molecular weight is 279 g/mol. The molecule has 1 rings (SSSR count). The second-order valence-corrected chi connectivity index (χ2v) is 4.92. The molecule has 1 aromatic rings. The van der Waals surface area contributed by atoms with Gasteiger partial charge < -0.3 is 15.5 Å². The lowest BCUT2D eigenvalue weighted by molar-refractivity contribution is -0.123. The highest BCUT2D eigenvalue weighted by atomic mass is 16.1. The van der Waals surface area contributed by atoms with Crippen molar-refractivity contribution in [3.63, 3.8) is 0 Å². The number of anilines is 2. The van der Waals surface area contributed by atoms with Gasteiger partial charge in [-0.25, -0.2) is 9.97 Å². The molecule has 1 atom stereocenters. The fourth-order valence-corrected chi connectivity index (χ4v) is 2.25. The third-order valence-corrected chi connectivity index (χ3v) is 3.26. The topological polar surface area (TPSA) is 70.2 Å². The fraction of sp³-hybridized carbons (Fsp3) is 0.643. The van der Waals surface area contributed by atoms with Gasteiger partial charge in [0, 0.05) is 33.3 Å². The highest BCUT2D eigenvalue weighted by Crippen LogP contribution is 2.24. The first-order chi connectivity index (χ1) is 9.54. The van der Waals surface area contributed by atoms with E-state index < -0.39 is 0 Å². The van der Waals surface area contributed by atoms with E-state index in [1.807, 2.05) is 25.9 Å². The van der Waals surface area contributed by atoms with Crippen LogP contribution in [0.3, 0.4) is 0 Å². The Balaban J connectivity index is 2.96. The summed E-state index contributed by atoms with van der Waals surface area (Å²) >= 11 is 0. The summed E-state index contributed by atoms with van der Waals surface area (Å²) in [5.74, 6) is 1.70. The minimum atomic E-state index is -0.0903. The molecule has 1 aromatic heterocycles. The van der Waals surface area contributed by atoms with Gasteiger partial charge >= 0.3 is 0 Å². The summed E-state index contributed by atoms with van der Waals surface area (Å²) in [6.07, 6.45) is 3.49. The van der Waals surface area contributed by atoms with E-state index in [1.54, 1.807) is 13.4 Å². The minimum Gasteiger partial charge on any atom is -0.373 e. The molecule has 112 valence electrons. The van der Waals surface area contributed by atoms with E-state index in [-0.39, 0.29) is 11.8 Å². The minimum absolute atomic E-state index is 0.0387. The maximum absolute atomic E-state index is 11.6. The molecule has 0 aliphatic rings. The van der Waals surface area contributed by atoms with Crippen molar-refractivity contribution in [1.82, 2.24) is 15.3 Å². The smallest absolute Gasteiger partial charge is 0.224 e. The zero-order valence-corrected chi connectivity index (χ0v) is 13.0. The fourth-order valence-electron chi connectivity index (χ4n) is 2.25. The maximum atomic E-state index is 11.6. The molecule has 0 aliphatic heterocycles. The van der Waals surface area contributed by atoms with Gasteiger partial charge in [-0.3, -0.25) is 4.79 Å². The van der Waals surface area contributed by atoms with Gasteiger partial charge in [0.25, 0.3) is 0 Å². The van der Waals surface area contributed by atoms with Crippen LogP contribution in [0.4, 0.5) is 11.6 Å². The molecule has 0 aromatic carbocycles. The van der Waals surface area contributed by atoms with Gasteiger partial charge in [0.15, 0.2) is 0 Å². The summed E-state index contributed by atoms with van der Waals surface area (Å²) in [4.78, 5) is 22.3. The number of hydrogen-bond acceptors (Lipinski definition) is 5. The van der Waals surface area contributed by atoms with Crippen molar-refractivity contribution in [3.8, 4) is 0 Å². The lowest BCUT2D eigenvalue weighted by atomic mass is 10.1. The van der Waals surface area contributed by atoms with E-state index in [4.69, 9.17) is 0 Å². The Morgan fingerprint density at radius 2 is 2.10 bits per heavy atom. The first kappa shape index (κ1) is 16.2. The molecule has 0 saturated heterocycles. The molecule has 0 fully saturated rings. The summed E-state index contributed by atoms with van der Waals surface area (Å²) in [5, 5.41) is 5.78. The van der Waals surface area contributed by atoms with E-state index in [0.717, 1.165) is 30.0 Å². The molecule has 0 saturated carbocycles. The van der Waals surface area contributed by atoms with E-state index in [2.05, 4.69) is 27.5 Å². The standard InChI is InChI=1S/C14H25N5O/c1-6-7-11-12(15-3)17-9-18-13(11)19(5)8-10(2)14(20)16-4/h9-10H,6-8H2,1-5H3,(H,16,20)(H,15,17,18). The van der Waals surface area contributed by atoms with Crippen LogP contribution in [-0.4, -0.2) is 43.6 Å². The van der Waals surface area contributed by atoms with E-state index in [9.17, 15) is 4.79 Å². The highest BCUT2D eigenvalue weighted by molar-refractivity contribution is 5.78. The summed E-state index contributed by atoms with van der Waals surface area (Å²) in [6, 6.07) is 0. The second-order valence-electron chi connectivity index (χ2n) is 4.92. The lowest BCUT2D eigenvalue weighted by Crippen LogP contribution is -2.35. The number of nitrogens with zero attached hydrogens (tertiary/aromatic N) is 3. The Hall–Kier alpha value is -1.85. The number of carbonyl (C=O) groups excluding carboxylic acids is 1. The van der Waals surface area contributed by atoms with E-state index >= 15 is 0 Å². The van der Waals surface area contributed by atoms with Crippen molar-refractivity contribution < 1.29 is 4.79 Å². The first-order valence-electron chi connectivity index (χ1n) is 6.99. The third-order valence-electron chi connectivity index (χ3n) is 3.26. The van der Waals surface area contributed by atoms with Gasteiger partial charge in [0.2, 0.25) is 5.91 Å². The number of hydrogen-bond donors (Lipinski definition) is 2. The zero-order valence-electron chi connectivity index (χ0n) is 13.0. The van der Waals surface area contributed by atoms with Gasteiger partial charge in [-0.05, 0) is 6.42 Å². The van der Waals surface area contributed by atoms with Crippen LogP contribution in [0, 0.1) is 5.92 Å². The number of carbonyl (C=O) groups is 1. The third kappa shape index (κ3) is 3.82. The van der Waals surface area contributed by atoms with Crippen molar-refractivity contribution in [1.29, 1.82) is 0 Å². The Morgan fingerprint density at radius 1 is 1.40 bits per heavy atom. The van der Waals surface area contributed by atoms with Crippen LogP contribution in [0.1, 0.15) is 25.8 Å². The monoisotopic (exact) mass is 279 g/mol. The molecule has 0 aliphatic carbocycles. The number of rotatable bonds is 7. The first-order valence-corrected chi connectivity index (χ1v) is 6.99. The SMILES string of the molecule is CCCc1c(NC)ncnc1N(C)CC(C)C(=O)NC.